The average Bonchev–Trinajstić information content (AvgIpc) is 2.91. The molecule has 6 heteroatoms. The van der Waals surface area contributed by atoms with E-state index in [2.05, 4.69) is 10.3 Å². The summed E-state index contributed by atoms with van der Waals surface area (Å²) in [4.78, 5) is 44.8. The van der Waals surface area contributed by atoms with Gasteiger partial charge in [0.05, 0.1) is 33.6 Å². The quantitative estimate of drug-likeness (QED) is 0.713. The van der Waals surface area contributed by atoms with Crippen LogP contribution in [0.5, 0.6) is 0 Å². The van der Waals surface area contributed by atoms with Crippen LogP contribution in [0.15, 0.2) is 48.5 Å². The number of para-hydroxylation sites is 1. The second-order valence-corrected chi connectivity index (χ2v) is 7.06. The van der Waals surface area contributed by atoms with Crippen LogP contribution in [0.25, 0.3) is 10.9 Å². The fraction of sp³-hybridized carbons (Fsp3) is 0.182. The lowest BCUT2D eigenvalue weighted by Gasteiger charge is -2.22. The number of rotatable bonds is 3. The minimum atomic E-state index is -0.445. The number of benzene rings is 2. The highest BCUT2D eigenvalue weighted by atomic mass is 16.2. The minimum Gasteiger partial charge on any atom is -0.350 e. The molecule has 0 atom stereocenters. The Bertz CT molecular complexity index is 1120. The van der Waals surface area contributed by atoms with E-state index in [-0.39, 0.29) is 23.2 Å². The number of aromatic nitrogens is 1. The maximum Gasteiger partial charge on any atom is 0.266 e. The standard InChI is InChI=1S/C22H19N3O3/c1-12(2)23-20(26)18-16-10-6-7-11-17(16)24-13(3)19(18)25-21(27)14-8-4-5-9-15(14)22(25)28/h4-12H,1-3H3,(H,23,26). The smallest absolute Gasteiger partial charge is 0.266 e. The molecule has 140 valence electrons. The molecule has 1 aliphatic heterocycles. The second kappa shape index (κ2) is 6.56. The molecule has 1 N–H and O–H groups in total. The van der Waals surface area contributed by atoms with E-state index in [0.717, 1.165) is 4.90 Å². The normalized spacial score (nSPS) is 13.4. The Morgan fingerprint density at radius 2 is 1.54 bits per heavy atom. The second-order valence-electron chi connectivity index (χ2n) is 7.06. The number of anilines is 1. The maximum absolute atomic E-state index is 13.1. The Hall–Kier alpha value is -3.54. The van der Waals surface area contributed by atoms with Gasteiger partial charge in [0.25, 0.3) is 17.7 Å². The van der Waals surface area contributed by atoms with Gasteiger partial charge in [-0.3, -0.25) is 19.4 Å². The molecule has 3 aromatic rings. The van der Waals surface area contributed by atoms with Crippen molar-refractivity contribution in [1.29, 1.82) is 0 Å². The van der Waals surface area contributed by atoms with Crippen molar-refractivity contribution in [2.45, 2.75) is 26.8 Å². The van der Waals surface area contributed by atoms with Gasteiger partial charge in [0.15, 0.2) is 0 Å². The third-order valence-electron chi connectivity index (χ3n) is 4.71. The molecule has 0 radical (unpaired) electrons. The number of imide groups is 1. The van der Waals surface area contributed by atoms with E-state index in [9.17, 15) is 14.4 Å². The van der Waals surface area contributed by atoms with Crippen LogP contribution in [-0.4, -0.2) is 28.7 Å². The van der Waals surface area contributed by atoms with Crippen LogP contribution in [-0.2, 0) is 0 Å². The molecule has 2 aromatic carbocycles. The minimum absolute atomic E-state index is 0.102. The monoisotopic (exact) mass is 373 g/mol. The fourth-order valence-corrected chi connectivity index (χ4v) is 3.55. The Labute approximate surface area is 162 Å². The van der Waals surface area contributed by atoms with E-state index in [0.29, 0.717) is 27.7 Å². The van der Waals surface area contributed by atoms with Crippen molar-refractivity contribution in [3.05, 3.63) is 70.9 Å². The van der Waals surface area contributed by atoms with E-state index in [1.165, 1.54) is 0 Å². The summed E-state index contributed by atoms with van der Waals surface area (Å²) in [5.41, 5.74) is 2.26. The Morgan fingerprint density at radius 3 is 2.14 bits per heavy atom. The number of aryl methyl sites for hydroxylation is 1. The molecule has 1 aliphatic rings. The van der Waals surface area contributed by atoms with Crippen LogP contribution in [0, 0.1) is 6.92 Å². The molecule has 0 saturated carbocycles. The van der Waals surface area contributed by atoms with Crippen molar-refractivity contribution in [2.24, 2.45) is 0 Å². The third-order valence-corrected chi connectivity index (χ3v) is 4.71. The molecule has 3 amide bonds. The molecule has 0 aliphatic carbocycles. The van der Waals surface area contributed by atoms with Gasteiger partial charge >= 0.3 is 0 Å². The number of nitrogens with zero attached hydrogens (tertiary/aromatic N) is 2. The highest BCUT2D eigenvalue weighted by molar-refractivity contribution is 6.36. The van der Waals surface area contributed by atoms with Gasteiger partial charge in [-0.15, -0.1) is 0 Å². The summed E-state index contributed by atoms with van der Waals surface area (Å²) < 4.78 is 0. The Kier molecular flexibility index (Phi) is 4.19. The summed E-state index contributed by atoms with van der Waals surface area (Å²) in [6.45, 7) is 5.42. The number of hydrogen-bond acceptors (Lipinski definition) is 4. The van der Waals surface area contributed by atoms with Gasteiger partial charge in [0.1, 0.15) is 0 Å². The third kappa shape index (κ3) is 2.65. The van der Waals surface area contributed by atoms with E-state index < -0.39 is 11.8 Å². The van der Waals surface area contributed by atoms with Crippen molar-refractivity contribution in [3.8, 4) is 0 Å². The van der Waals surface area contributed by atoms with E-state index >= 15 is 0 Å². The van der Waals surface area contributed by atoms with Gasteiger partial charge in [-0.2, -0.15) is 0 Å². The van der Waals surface area contributed by atoms with Crippen molar-refractivity contribution in [2.75, 3.05) is 4.90 Å². The number of carbonyl (C=O) groups is 3. The summed E-state index contributed by atoms with van der Waals surface area (Å²) in [7, 11) is 0. The first-order chi connectivity index (χ1) is 13.4. The zero-order valence-electron chi connectivity index (χ0n) is 15.8. The lowest BCUT2D eigenvalue weighted by Crippen LogP contribution is -2.36. The van der Waals surface area contributed by atoms with Crippen molar-refractivity contribution in [1.82, 2.24) is 10.3 Å². The van der Waals surface area contributed by atoms with Gasteiger partial charge in [0, 0.05) is 11.4 Å². The molecule has 28 heavy (non-hydrogen) atoms. The van der Waals surface area contributed by atoms with Gasteiger partial charge in [-0.05, 0) is 39.0 Å². The molecule has 4 rings (SSSR count). The molecule has 2 heterocycles. The molecule has 1 aromatic heterocycles. The van der Waals surface area contributed by atoms with Crippen LogP contribution in [0.4, 0.5) is 5.69 Å². The number of hydrogen-bond donors (Lipinski definition) is 1. The Morgan fingerprint density at radius 1 is 0.964 bits per heavy atom. The van der Waals surface area contributed by atoms with Gasteiger partial charge < -0.3 is 5.32 Å². The maximum atomic E-state index is 13.1. The summed E-state index contributed by atoms with van der Waals surface area (Å²) in [6.07, 6.45) is 0. The molecule has 0 spiro atoms. The highest BCUT2D eigenvalue weighted by Gasteiger charge is 2.40. The number of nitrogens with one attached hydrogen (secondary N) is 1. The number of fused-ring (bicyclic) bond motifs is 2. The zero-order valence-corrected chi connectivity index (χ0v) is 15.8. The van der Waals surface area contributed by atoms with Crippen LogP contribution in [0.3, 0.4) is 0 Å². The Balaban J connectivity index is 2.00. The lowest BCUT2D eigenvalue weighted by atomic mass is 10.0. The van der Waals surface area contributed by atoms with Crippen LogP contribution < -0.4 is 10.2 Å². The largest absolute Gasteiger partial charge is 0.350 e. The first-order valence-electron chi connectivity index (χ1n) is 9.08. The first-order valence-corrected chi connectivity index (χ1v) is 9.08. The SMILES string of the molecule is Cc1nc2ccccc2c(C(=O)NC(C)C)c1N1C(=O)c2ccccc2C1=O. The predicted molar refractivity (Wildman–Crippen MR) is 107 cm³/mol. The van der Waals surface area contributed by atoms with Gasteiger partial charge in [-0.1, -0.05) is 30.3 Å². The number of carbonyl (C=O) groups excluding carboxylic acids is 3. The van der Waals surface area contributed by atoms with Crippen molar-refractivity contribution >= 4 is 34.3 Å². The van der Waals surface area contributed by atoms with E-state index in [1.807, 2.05) is 19.9 Å². The van der Waals surface area contributed by atoms with Crippen LogP contribution in [0.2, 0.25) is 0 Å². The highest BCUT2D eigenvalue weighted by Crippen LogP contribution is 2.36. The average molecular weight is 373 g/mol. The van der Waals surface area contributed by atoms with Gasteiger partial charge in [0.2, 0.25) is 0 Å². The molecule has 0 unspecified atom stereocenters. The van der Waals surface area contributed by atoms with E-state index in [4.69, 9.17) is 0 Å². The lowest BCUT2D eigenvalue weighted by molar-refractivity contribution is 0.0925. The molecule has 0 bridgehead atoms. The topological polar surface area (TPSA) is 79.4 Å². The van der Waals surface area contributed by atoms with Crippen LogP contribution >= 0.6 is 0 Å². The zero-order chi connectivity index (χ0) is 20.0. The van der Waals surface area contributed by atoms with E-state index in [1.54, 1.807) is 49.4 Å². The molecular formula is C22H19N3O3. The number of pyridine rings is 1. The number of amides is 3. The summed E-state index contributed by atoms with van der Waals surface area (Å²) >= 11 is 0. The van der Waals surface area contributed by atoms with Crippen LogP contribution in [0.1, 0.15) is 50.6 Å². The molecule has 6 nitrogen and oxygen atoms in total. The van der Waals surface area contributed by atoms with Gasteiger partial charge in [-0.25, -0.2) is 4.90 Å². The summed E-state index contributed by atoms with van der Waals surface area (Å²) in [6, 6.07) is 13.8. The molecular weight excluding hydrogens is 354 g/mol. The fourth-order valence-electron chi connectivity index (χ4n) is 3.55. The van der Waals surface area contributed by atoms with Crippen molar-refractivity contribution < 1.29 is 14.4 Å². The summed E-state index contributed by atoms with van der Waals surface area (Å²) in [5, 5.41) is 3.47. The summed E-state index contributed by atoms with van der Waals surface area (Å²) in [5.74, 6) is -1.23. The first kappa shape index (κ1) is 17.9. The predicted octanol–water partition coefficient (Wildman–Crippen LogP) is 3.48. The van der Waals surface area contributed by atoms with Crippen molar-refractivity contribution in [3.63, 3.8) is 0 Å². The molecule has 0 fully saturated rings. The molecule has 0 saturated heterocycles.